The molecule has 2 heteroatoms. The smallest absolute Gasteiger partial charge is 0.267 e. The number of hydrogen-bond donors (Lipinski definition) is 0. The second kappa shape index (κ2) is 4.88. The van der Waals surface area contributed by atoms with Crippen LogP contribution in [0.15, 0.2) is 53.6 Å². The van der Waals surface area contributed by atoms with E-state index >= 15 is 0 Å². The second-order valence-corrected chi connectivity index (χ2v) is 5.84. The SMILES string of the molecule is C=C1C(c2cccc3c2C=C(C)C3)=C(C([NH])=O)C=CC1C. The number of rotatable bonds is 2. The summed E-state index contributed by atoms with van der Waals surface area (Å²) in [5.74, 6) is -0.462. The molecule has 0 aromatic heterocycles. The van der Waals surface area contributed by atoms with Crippen LogP contribution in [0.4, 0.5) is 0 Å². The lowest BCUT2D eigenvalue weighted by Gasteiger charge is -2.23. The van der Waals surface area contributed by atoms with Crippen LogP contribution in [0, 0.1) is 5.92 Å². The predicted molar refractivity (Wildman–Crippen MR) is 86.3 cm³/mol. The fourth-order valence-electron chi connectivity index (χ4n) is 3.10. The molecule has 0 saturated carbocycles. The first-order valence-electron chi connectivity index (χ1n) is 7.16. The molecular weight excluding hydrogens is 258 g/mol. The van der Waals surface area contributed by atoms with Gasteiger partial charge in [-0.1, -0.05) is 55.5 Å². The van der Waals surface area contributed by atoms with Crippen LogP contribution in [0.1, 0.15) is 30.5 Å². The summed E-state index contributed by atoms with van der Waals surface area (Å²) < 4.78 is 0. The molecule has 2 nitrogen and oxygen atoms in total. The summed E-state index contributed by atoms with van der Waals surface area (Å²) in [5.41, 5.74) is 14.6. The van der Waals surface area contributed by atoms with Crippen molar-refractivity contribution in [2.75, 3.05) is 0 Å². The molecule has 0 fully saturated rings. The molecule has 0 spiro atoms. The molecule has 0 heterocycles. The molecule has 2 aliphatic rings. The van der Waals surface area contributed by atoms with Crippen LogP contribution >= 0.6 is 0 Å². The Bertz CT molecular complexity index is 747. The number of allylic oxidation sites excluding steroid dienone is 4. The molecular formula is C19H18NO. The normalized spacial score (nSPS) is 20.6. The Balaban J connectivity index is 2.28. The molecule has 0 saturated heterocycles. The molecule has 0 aliphatic heterocycles. The number of carbonyl (C=O) groups excluding carboxylic acids is 1. The van der Waals surface area contributed by atoms with Gasteiger partial charge < -0.3 is 0 Å². The Labute approximate surface area is 125 Å². The van der Waals surface area contributed by atoms with E-state index in [4.69, 9.17) is 5.73 Å². The molecule has 1 atom stereocenters. The Morgan fingerprint density at radius 2 is 2.14 bits per heavy atom. The molecule has 1 radical (unpaired) electrons. The van der Waals surface area contributed by atoms with Gasteiger partial charge in [0, 0.05) is 5.57 Å². The van der Waals surface area contributed by atoms with E-state index in [1.807, 2.05) is 18.2 Å². The Morgan fingerprint density at radius 3 is 2.86 bits per heavy atom. The van der Waals surface area contributed by atoms with Crippen molar-refractivity contribution in [3.8, 4) is 0 Å². The molecule has 21 heavy (non-hydrogen) atoms. The summed E-state index contributed by atoms with van der Waals surface area (Å²) in [5, 5.41) is 0. The first-order chi connectivity index (χ1) is 9.99. The number of benzene rings is 1. The van der Waals surface area contributed by atoms with E-state index in [2.05, 4.69) is 32.6 Å². The molecule has 1 N–H and O–H groups in total. The monoisotopic (exact) mass is 276 g/mol. The largest absolute Gasteiger partial charge is 0.270 e. The maximum atomic E-state index is 11.7. The number of fused-ring (bicyclic) bond motifs is 1. The van der Waals surface area contributed by atoms with Gasteiger partial charge in [-0.2, -0.15) is 0 Å². The molecule has 0 bridgehead atoms. The van der Waals surface area contributed by atoms with Gasteiger partial charge in [-0.25, -0.2) is 0 Å². The van der Waals surface area contributed by atoms with E-state index < -0.39 is 5.91 Å². The van der Waals surface area contributed by atoms with Gasteiger partial charge in [-0.05, 0) is 47.1 Å². The van der Waals surface area contributed by atoms with Gasteiger partial charge in [-0.3, -0.25) is 10.5 Å². The van der Waals surface area contributed by atoms with Crippen LogP contribution in [0.3, 0.4) is 0 Å². The minimum Gasteiger partial charge on any atom is -0.267 e. The van der Waals surface area contributed by atoms with E-state index in [1.54, 1.807) is 6.08 Å². The predicted octanol–water partition coefficient (Wildman–Crippen LogP) is 3.97. The van der Waals surface area contributed by atoms with Gasteiger partial charge in [0.2, 0.25) is 0 Å². The quantitative estimate of drug-likeness (QED) is 0.805. The Hall–Kier alpha value is -2.35. The first kappa shape index (κ1) is 13.6. The van der Waals surface area contributed by atoms with Crippen molar-refractivity contribution >= 4 is 17.6 Å². The number of amides is 1. The van der Waals surface area contributed by atoms with Crippen LogP contribution in [0.5, 0.6) is 0 Å². The topological polar surface area (TPSA) is 40.9 Å². The summed E-state index contributed by atoms with van der Waals surface area (Å²) in [4.78, 5) is 11.7. The van der Waals surface area contributed by atoms with Gasteiger partial charge in [0.05, 0.1) is 0 Å². The number of carbonyl (C=O) groups is 1. The third-order valence-corrected chi connectivity index (χ3v) is 4.26. The summed E-state index contributed by atoms with van der Waals surface area (Å²) in [6, 6.07) is 6.18. The number of hydrogen-bond acceptors (Lipinski definition) is 1. The van der Waals surface area contributed by atoms with Crippen LogP contribution < -0.4 is 5.73 Å². The third-order valence-electron chi connectivity index (χ3n) is 4.26. The zero-order valence-corrected chi connectivity index (χ0v) is 12.4. The van der Waals surface area contributed by atoms with E-state index in [-0.39, 0.29) is 5.92 Å². The molecule has 105 valence electrons. The van der Waals surface area contributed by atoms with Crippen LogP contribution in [0.2, 0.25) is 0 Å². The highest BCUT2D eigenvalue weighted by molar-refractivity contribution is 6.07. The summed E-state index contributed by atoms with van der Waals surface area (Å²) in [6.07, 6.45) is 6.85. The maximum absolute atomic E-state index is 11.7. The minimum absolute atomic E-state index is 0.186. The van der Waals surface area contributed by atoms with Gasteiger partial charge in [-0.15, -0.1) is 0 Å². The molecule has 1 aromatic carbocycles. The van der Waals surface area contributed by atoms with Crippen LogP contribution in [-0.4, -0.2) is 5.91 Å². The fraction of sp³-hybridized carbons (Fsp3) is 0.211. The molecule has 1 amide bonds. The third kappa shape index (κ3) is 2.17. The highest BCUT2D eigenvalue weighted by atomic mass is 16.1. The average Bonchev–Trinajstić information content (AvgIpc) is 2.81. The van der Waals surface area contributed by atoms with Crippen LogP contribution in [0.25, 0.3) is 11.6 Å². The van der Waals surface area contributed by atoms with Crippen molar-refractivity contribution in [3.63, 3.8) is 0 Å². The highest BCUT2D eigenvalue weighted by Crippen LogP contribution is 2.40. The minimum atomic E-state index is -0.648. The van der Waals surface area contributed by atoms with E-state index in [0.717, 1.165) is 23.1 Å². The van der Waals surface area contributed by atoms with E-state index in [9.17, 15) is 4.79 Å². The van der Waals surface area contributed by atoms with Crippen molar-refractivity contribution in [1.29, 1.82) is 0 Å². The van der Waals surface area contributed by atoms with Crippen molar-refractivity contribution in [2.45, 2.75) is 20.3 Å². The summed E-state index contributed by atoms with van der Waals surface area (Å²) in [6.45, 7) is 8.35. The Morgan fingerprint density at radius 1 is 1.38 bits per heavy atom. The second-order valence-electron chi connectivity index (χ2n) is 5.84. The van der Waals surface area contributed by atoms with E-state index in [1.165, 1.54) is 16.7 Å². The van der Waals surface area contributed by atoms with Crippen LogP contribution in [-0.2, 0) is 11.2 Å². The summed E-state index contributed by atoms with van der Waals surface area (Å²) in [7, 11) is 0. The lowest BCUT2D eigenvalue weighted by atomic mass is 9.80. The highest BCUT2D eigenvalue weighted by Gasteiger charge is 2.25. The molecule has 2 aliphatic carbocycles. The standard InChI is InChI=1S/C19H18NO/c1-11-9-14-5-4-6-15(17(14)10-11)18-13(3)12(2)7-8-16(18)19(20)21/h4-8,10,12,20H,3,9H2,1-2H3. The average molecular weight is 276 g/mol. The van der Waals surface area contributed by atoms with Gasteiger partial charge in [0.1, 0.15) is 0 Å². The van der Waals surface area contributed by atoms with Crippen molar-refractivity contribution in [1.82, 2.24) is 5.73 Å². The van der Waals surface area contributed by atoms with Gasteiger partial charge in [0.15, 0.2) is 0 Å². The zero-order valence-electron chi connectivity index (χ0n) is 12.4. The van der Waals surface area contributed by atoms with Crippen molar-refractivity contribution in [2.24, 2.45) is 5.92 Å². The van der Waals surface area contributed by atoms with Gasteiger partial charge in [0.25, 0.3) is 5.91 Å². The van der Waals surface area contributed by atoms with Crippen molar-refractivity contribution < 1.29 is 4.79 Å². The number of nitrogens with one attached hydrogen (secondary N) is 1. The van der Waals surface area contributed by atoms with E-state index in [0.29, 0.717) is 5.57 Å². The first-order valence-corrected chi connectivity index (χ1v) is 7.16. The molecule has 1 unspecified atom stereocenters. The Kier molecular flexibility index (Phi) is 3.17. The molecule has 1 aromatic rings. The summed E-state index contributed by atoms with van der Waals surface area (Å²) >= 11 is 0. The van der Waals surface area contributed by atoms with Crippen molar-refractivity contribution in [3.05, 3.63) is 70.3 Å². The van der Waals surface area contributed by atoms with Gasteiger partial charge >= 0.3 is 0 Å². The maximum Gasteiger partial charge on any atom is 0.270 e. The lowest BCUT2D eigenvalue weighted by molar-refractivity contribution is -0.114. The molecule has 3 rings (SSSR count). The zero-order chi connectivity index (χ0) is 15.1. The fourth-order valence-corrected chi connectivity index (χ4v) is 3.10. The lowest BCUT2D eigenvalue weighted by Crippen LogP contribution is -2.13.